The summed E-state index contributed by atoms with van der Waals surface area (Å²) in [6.07, 6.45) is 3.37. The Morgan fingerprint density at radius 2 is 2.15 bits per heavy atom. The Labute approximate surface area is 119 Å². The van der Waals surface area contributed by atoms with Gasteiger partial charge in [0.1, 0.15) is 11.3 Å². The van der Waals surface area contributed by atoms with Crippen LogP contribution in [0.3, 0.4) is 0 Å². The maximum Gasteiger partial charge on any atom is 0.148 e. The summed E-state index contributed by atoms with van der Waals surface area (Å²) in [5.41, 5.74) is 1.69. The molecule has 108 valence electrons. The summed E-state index contributed by atoms with van der Waals surface area (Å²) >= 11 is 0. The maximum absolute atomic E-state index is 9.65. The van der Waals surface area contributed by atoms with Gasteiger partial charge in [-0.1, -0.05) is 31.5 Å². The minimum absolute atomic E-state index is 0.255. The Morgan fingerprint density at radius 3 is 2.90 bits per heavy atom. The minimum Gasteiger partial charge on any atom is -0.491 e. The Balaban J connectivity index is 2.36. The number of aromatic nitrogens is 1. The van der Waals surface area contributed by atoms with Gasteiger partial charge in [-0.3, -0.25) is 4.98 Å². The molecule has 1 atom stereocenters. The first-order chi connectivity index (χ1) is 9.76. The van der Waals surface area contributed by atoms with Gasteiger partial charge in [0, 0.05) is 18.0 Å². The fourth-order valence-corrected chi connectivity index (χ4v) is 2.12. The van der Waals surface area contributed by atoms with Crippen molar-refractivity contribution in [3.8, 4) is 5.75 Å². The van der Waals surface area contributed by atoms with E-state index >= 15 is 0 Å². The van der Waals surface area contributed by atoms with E-state index in [0.717, 1.165) is 35.1 Å². The topological polar surface area (TPSA) is 62.6 Å². The van der Waals surface area contributed by atoms with Crippen molar-refractivity contribution in [1.29, 1.82) is 0 Å². The van der Waals surface area contributed by atoms with Gasteiger partial charge in [-0.2, -0.15) is 0 Å². The average molecular weight is 275 g/mol. The molecule has 1 heterocycles. The van der Waals surface area contributed by atoms with E-state index in [1.165, 1.54) is 0 Å². The number of hydrogen-bond donors (Lipinski definition) is 2. The number of fused-ring (bicyclic) bond motifs is 1. The SMILES string of the molecule is CCCCOc1c(CC(O)CO)ccc2cccnc12. The second-order valence-electron chi connectivity index (χ2n) is 4.87. The molecule has 1 aromatic carbocycles. The average Bonchev–Trinajstić information content (AvgIpc) is 2.49. The monoisotopic (exact) mass is 275 g/mol. The summed E-state index contributed by atoms with van der Waals surface area (Å²) in [5, 5.41) is 19.7. The lowest BCUT2D eigenvalue weighted by atomic mass is 10.0. The number of benzene rings is 1. The third-order valence-electron chi connectivity index (χ3n) is 3.22. The van der Waals surface area contributed by atoms with E-state index in [0.29, 0.717) is 13.0 Å². The highest BCUT2D eigenvalue weighted by Crippen LogP contribution is 2.29. The summed E-state index contributed by atoms with van der Waals surface area (Å²) in [4.78, 5) is 4.38. The van der Waals surface area contributed by atoms with Crippen molar-refractivity contribution < 1.29 is 14.9 Å². The Kier molecular flexibility index (Phi) is 5.32. The Hall–Kier alpha value is -1.65. The molecule has 2 aromatic rings. The van der Waals surface area contributed by atoms with E-state index in [1.54, 1.807) is 6.20 Å². The van der Waals surface area contributed by atoms with Crippen LogP contribution in [0.15, 0.2) is 30.5 Å². The number of aliphatic hydroxyl groups is 2. The fourth-order valence-electron chi connectivity index (χ4n) is 2.12. The summed E-state index contributed by atoms with van der Waals surface area (Å²) in [5.74, 6) is 0.726. The molecular formula is C16H21NO3. The molecule has 0 saturated carbocycles. The highest BCUT2D eigenvalue weighted by atomic mass is 16.5. The Morgan fingerprint density at radius 1 is 1.30 bits per heavy atom. The summed E-state index contributed by atoms with van der Waals surface area (Å²) < 4.78 is 5.88. The molecule has 0 radical (unpaired) electrons. The molecule has 0 saturated heterocycles. The largest absolute Gasteiger partial charge is 0.491 e. The number of nitrogens with zero attached hydrogens (tertiary/aromatic N) is 1. The van der Waals surface area contributed by atoms with Crippen LogP contribution in [0, 0.1) is 0 Å². The third-order valence-corrected chi connectivity index (χ3v) is 3.22. The molecule has 0 spiro atoms. The number of rotatable bonds is 7. The van der Waals surface area contributed by atoms with Crippen LogP contribution in [0.4, 0.5) is 0 Å². The highest BCUT2D eigenvalue weighted by Gasteiger charge is 2.13. The van der Waals surface area contributed by atoms with Crippen LogP contribution in [-0.4, -0.2) is 34.5 Å². The van der Waals surface area contributed by atoms with Crippen molar-refractivity contribution in [3.05, 3.63) is 36.0 Å². The number of unbranched alkanes of at least 4 members (excludes halogenated alkanes) is 1. The molecule has 4 nitrogen and oxygen atoms in total. The molecule has 0 aliphatic carbocycles. The van der Waals surface area contributed by atoms with Crippen LogP contribution in [-0.2, 0) is 6.42 Å². The van der Waals surface area contributed by atoms with Crippen LogP contribution in [0.5, 0.6) is 5.75 Å². The molecule has 0 aliphatic rings. The summed E-state index contributed by atoms with van der Waals surface area (Å²) in [7, 11) is 0. The smallest absolute Gasteiger partial charge is 0.148 e. The second-order valence-corrected chi connectivity index (χ2v) is 4.87. The molecule has 0 amide bonds. The zero-order valence-corrected chi connectivity index (χ0v) is 11.7. The lowest BCUT2D eigenvalue weighted by Gasteiger charge is -2.15. The van der Waals surface area contributed by atoms with Crippen molar-refractivity contribution in [2.75, 3.05) is 13.2 Å². The molecular weight excluding hydrogens is 254 g/mol. The summed E-state index contributed by atoms with van der Waals surface area (Å²) in [6.45, 7) is 2.49. The molecule has 2 rings (SSSR count). The molecule has 0 aliphatic heterocycles. The molecule has 20 heavy (non-hydrogen) atoms. The first kappa shape index (κ1) is 14.8. The Bertz CT molecular complexity index is 556. The first-order valence-corrected chi connectivity index (χ1v) is 7.04. The van der Waals surface area contributed by atoms with E-state index < -0.39 is 6.10 Å². The predicted octanol–water partition coefficient (Wildman–Crippen LogP) is 2.31. The number of hydrogen-bond acceptors (Lipinski definition) is 4. The van der Waals surface area contributed by atoms with Crippen LogP contribution < -0.4 is 4.74 Å². The normalized spacial score (nSPS) is 12.6. The highest BCUT2D eigenvalue weighted by molar-refractivity contribution is 5.85. The van der Waals surface area contributed by atoms with Crippen LogP contribution in [0.25, 0.3) is 10.9 Å². The number of aliphatic hydroxyl groups excluding tert-OH is 2. The van der Waals surface area contributed by atoms with Gasteiger partial charge >= 0.3 is 0 Å². The van der Waals surface area contributed by atoms with Gasteiger partial charge in [0.15, 0.2) is 0 Å². The van der Waals surface area contributed by atoms with Gasteiger partial charge in [0.2, 0.25) is 0 Å². The van der Waals surface area contributed by atoms with E-state index in [2.05, 4.69) is 11.9 Å². The van der Waals surface area contributed by atoms with Crippen LogP contribution in [0.1, 0.15) is 25.3 Å². The van der Waals surface area contributed by atoms with Crippen molar-refractivity contribution in [3.63, 3.8) is 0 Å². The second kappa shape index (κ2) is 7.22. The minimum atomic E-state index is -0.773. The predicted molar refractivity (Wildman–Crippen MR) is 78.9 cm³/mol. The van der Waals surface area contributed by atoms with E-state index in [4.69, 9.17) is 9.84 Å². The zero-order valence-electron chi connectivity index (χ0n) is 11.7. The van der Waals surface area contributed by atoms with E-state index in [1.807, 2.05) is 24.3 Å². The van der Waals surface area contributed by atoms with Crippen molar-refractivity contribution in [1.82, 2.24) is 4.98 Å². The standard InChI is InChI=1S/C16H21NO3/c1-2-3-9-20-16-13(10-14(19)11-18)7-6-12-5-4-8-17-15(12)16/h4-8,14,18-19H,2-3,9-11H2,1H3. The van der Waals surface area contributed by atoms with Crippen molar-refractivity contribution in [2.24, 2.45) is 0 Å². The lowest BCUT2D eigenvalue weighted by molar-refractivity contribution is 0.0948. The van der Waals surface area contributed by atoms with Gasteiger partial charge in [-0.15, -0.1) is 0 Å². The maximum atomic E-state index is 9.65. The van der Waals surface area contributed by atoms with E-state index in [-0.39, 0.29) is 6.61 Å². The molecule has 0 bridgehead atoms. The van der Waals surface area contributed by atoms with Gasteiger partial charge in [0.25, 0.3) is 0 Å². The zero-order chi connectivity index (χ0) is 14.4. The van der Waals surface area contributed by atoms with Crippen molar-refractivity contribution >= 4 is 10.9 Å². The quantitative estimate of drug-likeness (QED) is 0.761. The summed E-state index contributed by atoms with van der Waals surface area (Å²) in [6, 6.07) is 7.78. The molecule has 4 heteroatoms. The molecule has 1 unspecified atom stereocenters. The molecule has 2 N–H and O–H groups in total. The fraction of sp³-hybridized carbons (Fsp3) is 0.438. The van der Waals surface area contributed by atoms with Gasteiger partial charge in [0.05, 0.1) is 19.3 Å². The number of ether oxygens (including phenoxy) is 1. The van der Waals surface area contributed by atoms with E-state index in [9.17, 15) is 5.11 Å². The van der Waals surface area contributed by atoms with Crippen LogP contribution >= 0.6 is 0 Å². The first-order valence-electron chi connectivity index (χ1n) is 7.04. The molecule has 0 fully saturated rings. The van der Waals surface area contributed by atoms with Crippen LogP contribution in [0.2, 0.25) is 0 Å². The van der Waals surface area contributed by atoms with Gasteiger partial charge in [-0.05, 0) is 18.1 Å². The van der Waals surface area contributed by atoms with Gasteiger partial charge in [-0.25, -0.2) is 0 Å². The third kappa shape index (κ3) is 3.46. The number of pyridine rings is 1. The van der Waals surface area contributed by atoms with Crippen molar-refractivity contribution in [2.45, 2.75) is 32.3 Å². The molecule has 1 aromatic heterocycles. The lowest BCUT2D eigenvalue weighted by Crippen LogP contribution is -2.16. The van der Waals surface area contributed by atoms with Gasteiger partial charge < -0.3 is 14.9 Å².